The van der Waals surface area contributed by atoms with Crippen LogP contribution in [0, 0.1) is 0 Å². The molecule has 0 fully saturated rings. The molecule has 0 spiro atoms. The number of amides is 2. The molecule has 0 aromatic heterocycles. The first-order chi connectivity index (χ1) is 15.2. The van der Waals surface area contributed by atoms with E-state index in [1.165, 1.54) is 5.56 Å². The van der Waals surface area contributed by atoms with Crippen molar-refractivity contribution in [3.63, 3.8) is 0 Å². The number of aryl methyl sites for hydroxylation is 1. The average molecular weight is 439 g/mol. The van der Waals surface area contributed by atoms with Gasteiger partial charge in [0.05, 0.1) is 7.11 Å². The van der Waals surface area contributed by atoms with Gasteiger partial charge in [0.25, 0.3) is 0 Å². The normalized spacial score (nSPS) is 12.2. The molecule has 2 aromatic carbocycles. The third-order valence-electron chi connectivity index (χ3n) is 5.67. The molecule has 1 N–H and O–H groups in total. The molecule has 0 heterocycles. The second-order valence-electron chi connectivity index (χ2n) is 9.14. The van der Waals surface area contributed by atoms with Crippen LogP contribution in [-0.4, -0.2) is 36.4 Å². The van der Waals surface area contributed by atoms with Crippen LogP contribution in [-0.2, 0) is 28.0 Å². The molecular weight excluding hydrogens is 400 g/mol. The maximum Gasteiger partial charge on any atom is 0.242 e. The van der Waals surface area contributed by atoms with Gasteiger partial charge in [-0.15, -0.1) is 0 Å². The molecule has 1 unspecified atom stereocenters. The van der Waals surface area contributed by atoms with Gasteiger partial charge in [0.15, 0.2) is 0 Å². The van der Waals surface area contributed by atoms with Crippen LogP contribution in [0.15, 0.2) is 48.5 Å². The van der Waals surface area contributed by atoms with E-state index < -0.39 is 6.04 Å². The highest BCUT2D eigenvalue weighted by atomic mass is 16.5. The van der Waals surface area contributed by atoms with Crippen molar-refractivity contribution in [3.8, 4) is 5.75 Å². The summed E-state index contributed by atoms with van der Waals surface area (Å²) in [5, 5.41) is 2.88. The van der Waals surface area contributed by atoms with E-state index in [4.69, 9.17) is 4.74 Å². The van der Waals surface area contributed by atoms with Gasteiger partial charge in [0.2, 0.25) is 11.8 Å². The summed E-state index contributed by atoms with van der Waals surface area (Å²) in [6.07, 6.45) is 1.56. The van der Waals surface area contributed by atoms with Crippen molar-refractivity contribution in [3.05, 3.63) is 65.2 Å². The minimum atomic E-state index is -0.503. The van der Waals surface area contributed by atoms with Gasteiger partial charge in [-0.2, -0.15) is 0 Å². The monoisotopic (exact) mass is 438 g/mol. The van der Waals surface area contributed by atoms with Crippen LogP contribution in [0.5, 0.6) is 5.75 Å². The third-order valence-corrected chi connectivity index (χ3v) is 5.67. The molecule has 0 radical (unpaired) electrons. The van der Waals surface area contributed by atoms with Crippen molar-refractivity contribution in [2.45, 2.75) is 71.9 Å². The number of ether oxygens (including phenoxy) is 1. The molecule has 0 aliphatic carbocycles. The fourth-order valence-electron chi connectivity index (χ4n) is 3.75. The van der Waals surface area contributed by atoms with Gasteiger partial charge in [-0.25, -0.2) is 0 Å². The lowest BCUT2D eigenvalue weighted by Crippen LogP contribution is -2.49. The van der Waals surface area contributed by atoms with Gasteiger partial charge >= 0.3 is 0 Å². The lowest BCUT2D eigenvalue weighted by atomic mass is 9.86. The molecule has 2 rings (SSSR count). The Balaban J connectivity index is 2.19. The second-order valence-corrected chi connectivity index (χ2v) is 9.14. The number of carbonyl (C=O) groups excluding carboxylic acids is 2. The number of likely N-dealkylation sites (N-methyl/N-ethyl adjacent to an activating group) is 1. The summed E-state index contributed by atoms with van der Waals surface area (Å²) in [6.45, 7) is 11.3. The molecule has 2 amide bonds. The summed E-state index contributed by atoms with van der Waals surface area (Å²) < 4.78 is 5.33. The number of hydrogen-bond donors (Lipinski definition) is 1. The number of rotatable bonds is 10. The van der Waals surface area contributed by atoms with Crippen molar-refractivity contribution in [1.82, 2.24) is 10.2 Å². The summed E-state index contributed by atoms with van der Waals surface area (Å²) in [7, 11) is 1.62. The molecule has 1 atom stereocenters. The van der Waals surface area contributed by atoms with Crippen LogP contribution in [0.25, 0.3) is 0 Å². The van der Waals surface area contributed by atoms with E-state index in [0.29, 0.717) is 32.4 Å². The van der Waals surface area contributed by atoms with Gasteiger partial charge in [-0.1, -0.05) is 64.1 Å². The molecule has 32 heavy (non-hydrogen) atoms. The van der Waals surface area contributed by atoms with Crippen LogP contribution < -0.4 is 10.1 Å². The smallest absolute Gasteiger partial charge is 0.242 e. The first kappa shape index (κ1) is 25.4. The number of nitrogens with zero attached hydrogens (tertiary/aromatic N) is 1. The first-order valence-electron chi connectivity index (χ1n) is 11.5. The zero-order chi connectivity index (χ0) is 23.7. The van der Waals surface area contributed by atoms with Crippen molar-refractivity contribution in [2.75, 3.05) is 13.7 Å². The van der Waals surface area contributed by atoms with E-state index in [1.807, 2.05) is 38.1 Å². The minimum Gasteiger partial charge on any atom is -0.497 e. The summed E-state index contributed by atoms with van der Waals surface area (Å²) in [6, 6.07) is 15.6. The molecular formula is C27H38N2O3. The average Bonchev–Trinajstić information content (AvgIpc) is 2.77. The Morgan fingerprint density at radius 3 is 2.28 bits per heavy atom. The lowest BCUT2D eigenvalue weighted by Gasteiger charge is -2.30. The summed E-state index contributed by atoms with van der Waals surface area (Å²) in [5.41, 5.74) is 3.44. The standard InChI is InChI=1S/C27H38N2O3/c1-7-24(26(31)28-8-2)29(19-21-10-9-11-23(18-21)32-6)25(30)17-14-20-12-15-22(16-13-20)27(3,4)5/h9-13,15-16,18,24H,7-8,14,17,19H2,1-6H3,(H,28,31). The zero-order valence-corrected chi connectivity index (χ0v) is 20.4. The Bertz CT molecular complexity index is 885. The number of methoxy groups -OCH3 is 1. The molecule has 2 aromatic rings. The van der Waals surface area contributed by atoms with Crippen molar-refractivity contribution >= 4 is 11.8 Å². The van der Waals surface area contributed by atoms with Gasteiger partial charge in [-0.05, 0) is 54.0 Å². The molecule has 174 valence electrons. The van der Waals surface area contributed by atoms with Crippen LogP contribution in [0.2, 0.25) is 0 Å². The van der Waals surface area contributed by atoms with Crippen molar-refractivity contribution < 1.29 is 14.3 Å². The third kappa shape index (κ3) is 7.11. The van der Waals surface area contributed by atoms with Crippen LogP contribution >= 0.6 is 0 Å². The van der Waals surface area contributed by atoms with E-state index in [9.17, 15) is 9.59 Å². The Hall–Kier alpha value is -2.82. The summed E-state index contributed by atoms with van der Waals surface area (Å²) in [5.74, 6) is 0.603. The maximum absolute atomic E-state index is 13.3. The van der Waals surface area contributed by atoms with E-state index in [-0.39, 0.29) is 17.2 Å². The number of nitrogens with one attached hydrogen (secondary N) is 1. The molecule has 0 aliphatic rings. The van der Waals surface area contributed by atoms with E-state index in [1.54, 1.807) is 12.0 Å². The highest BCUT2D eigenvalue weighted by molar-refractivity contribution is 5.87. The molecule has 0 aliphatic heterocycles. The predicted octanol–water partition coefficient (Wildman–Crippen LogP) is 4.87. The molecule has 0 saturated heterocycles. The van der Waals surface area contributed by atoms with Crippen molar-refractivity contribution in [2.24, 2.45) is 0 Å². The quantitative estimate of drug-likeness (QED) is 0.576. The van der Waals surface area contributed by atoms with E-state index >= 15 is 0 Å². The predicted molar refractivity (Wildman–Crippen MR) is 130 cm³/mol. The zero-order valence-electron chi connectivity index (χ0n) is 20.4. The highest BCUT2D eigenvalue weighted by Gasteiger charge is 2.28. The lowest BCUT2D eigenvalue weighted by molar-refractivity contribution is -0.141. The number of carbonyl (C=O) groups is 2. The molecule has 0 saturated carbocycles. The first-order valence-corrected chi connectivity index (χ1v) is 11.5. The van der Waals surface area contributed by atoms with Gasteiger partial charge < -0.3 is 15.0 Å². The second kappa shape index (κ2) is 11.7. The maximum atomic E-state index is 13.3. The van der Waals surface area contributed by atoms with Gasteiger partial charge in [-0.3, -0.25) is 9.59 Å². The SMILES string of the molecule is CCNC(=O)C(CC)N(Cc1cccc(OC)c1)C(=O)CCc1ccc(C(C)(C)C)cc1. The number of hydrogen-bond acceptors (Lipinski definition) is 3. The Morgan fingerprint density at radius 2 is 1.72 bits per heavy atom. The largest absolute Gasteiger partial charge is 0.497 e. The highest BCUT2D eigenvalue weighted by Crippen LogP contribution is 2.23. The summed E-state index contributed by atoms with van der Waals surface area (Å²) >= 11 is 0. The number of benzene rings is 2. The van der Waals surface area contributed by atoms with Crippen LogP contribution in [0.4, 0.5) is 0 Å². The summed E-state index contributed by atoms with van der Waals surface area (Å²) in [4.78, 5) is 27.7. The van der Waals surface area contributed by atoms with Crippen LogP contribution in [0.3, 0.4) is 0 Å². The van der Waals surface area contributed by atoms with E-state index in [0.717, 1.165) is 16.9 Å². The van der Waals surface area contributed by atoms with Crippen molar-refractivity contribution in [1.29, 1.82) is 0 Å². The van der Waals surface area contributed by atoms with Gasteiger partial charge in [0.1, 0.15) is 11.8 Å². The molecule has 0 bridgehead atoms. The fraction of sp³-hybridized carbons (Fsp3) is 0.481. The fourth-order valence-corrected chi connectivity index (χ4v) is 3.75. The van der Waals surface area contributed by atoms with Crippen LogP contribution in [0.1, 0.15) is 64.2 Å². The minimum absolute atomic E-state index is 0.0224. The van der Waals surface area contributed by atoms with Gasteiger partial charge in [0, 0.05) is 19.5 Å². The molecule has 5 heteroatoms. The Kier molecular flexibility index (Phi) is 9.30. The Morgan fingerprint density at radius 1 is 1.03 bits per heavy atom. The topological polar surface area (TPSA) is 58.6 Å². The Labute approximate surface area is 193 Å². The van der Waals surface area contributed by atoms with E-state index in [2.05, 4.69) is 50.4 Å². The molecule has 5 nitrogen and oxygen atoms in total.